The highest BCUT2D eigenvalue weighted by molar-refractivity contribution is 6.04. The molecule has 1 saturated carbocycles. The zero-order valence-electron chi connectivity index (χ0n) is 9.05. The van der Waals surface area contributed by atoms with Crippen LogP contribution in [0.1, 0.15) is 26.7 Å². The molecule has 0 aliphatic heterocycles. The monoisotopic (exact) mass is 200 g/mol. The summed E-state index contributed by atoms with van der Waals surface area (Å²) in [5, 5.41) is 0. The molecule has 4 nitrogen and oxygen atoms in total. The van der Waals surface area contributed by atoms with Crippen molar-refractivity contribution in [3.8, 4) is 0 Å². The molecule has 0 aromatic rings. The van der Waals surface area contributed by atoms with Crippen LogP contribution in [0.3, 0.4) is 0 Å². The Balaban J connectivity index is 2.97. The first-order valence-electron chi connectivity index (χ1n) is 4.65. The predicted molar refractivity (Wildman–Crippen MR) is 49.5 cm³/mol. The van der Waals surface area contributed by atoms with Crippen LogP contribution in [0.2, 0.25) is 0 Å². The van der Waals surface area contributed by atoms with Crippen LogP contribution in [-0.4, -0.2) is 26.2 Å². The molecule has 4 heteroatoms. The van der Waals surface area contributed by atoms with E-state index in [1.54, 1.807) is 0 Å². The van der Waals surface area contributed by atoms with Gasteiger partial charge in [-0.1, -0.05) is 13.8 Å². The number of carbonyl (C=O) groups is 2. The predicted octanol–water partition coefficient (Wildman–Crippen LogP) is 1.14. The Labute approximate surface area is 83.6 Å². The van der Waals surface area contributed by atoms with Gasteiger partial charge in [-0.2, -0.15) is 0 Å². The van der Waals surface area contributed by atoms with Crippen molar-refractivity contribution < 1.29 is 19.1 Å². The molecule has 0 bridgehead atoms. The Morgan fingerprint density at radius 2 is 1.64 bits per heavy atom. The Bertz CT molecular complexity index is 255. The van der Waals surface area contributed by atoms with Gasteiger partial charge in [0.1, 0.15) is 0 Å². The molecule has 0 amide bonds. The molecule has 1 aliphatic rings. The molecule has 0 aromatic carbocycles. The van der Waals surface area contributed by atoms with Crippen molar-refractivity contribution in [2.75, 3.05) is 14.2 Å². The lowest BCUT2D eigenvalue weighted by Gasteiger charge is -2.16. The van der Waals surface area contributed by atoms with Crippen LogP contribution in [-0.2, 0) is 19.1 Å². The molecule has 0 N–H and O–H groups in total. The van der Waals surface area contributed by atoms with Gasteiger partial charge in [-0.15, -0.1) is 0 Å². The van der Waals surface area contributed by atoms with Gasteiger partial charge in [0.05, 0.1) is 14.2 Å². The summed E-state index contributed by atoms with van der Waals surface area (Å²) in [4.78, 5) is 23.1. The van der Waals surface area contributed by atoms with Crippen molar-refractivity contribution in [1.29, 1.82) is 0 Å². The molecular formula is C10H16O4. The van der Waals surface area contributed by atoms with E-state index in [2.05, 4.69) is 9.47 Å². The number of carbonyl (C=O) groups excluding carboxylic acids is 2. The first-order valence-corrected chi connectivity index (χ1v) is 4.65. The lowest BCUT2D eigenvalue weighted by atomic mass is 9.92. The van der Waals surface area contributed by atoms with Gasteiger partial charge in [-0.05, 0) is 18.3 Å². The summed E-state index contributed by atoms with van der Waals surface area (Å²) < 4.78 is 9.32. The molecule has 1 unspecified atom stereocenters. The van der Waals surface area contributed by atoms with Gasteiger partial charge in [-0.25, -0.2) is 0 Å². The Morgan fingerprint density at radius 1 is 1.21 bits per heavy atom. The third-order valence-electron chi connectivity index (χ3n) is 3.41. The smallest absolute Gasteiger partial charge is 0.323 e. The quantitative estimate of drug-likeness (QED) is 0.506. The SMILES string of the molecule is CCC1(C)CC1(C(=O)OC)C(=O)OC. The maximum atomic E-state index is 11.5. The Kier molecular flexibility index (Phi) is 2.56. The topological polar surface area (TPSA) is 52.6 Å². The van der Waals surface area contributed by atoms with Crippen molar-refractivity contribution >= 4 is 11.9 Å². The van der Waals surface area contributed by atoms with Crippen LogP contribution in [0.5, 0.6) is 0 Å². The Morgan fingerprint density at radius 3 is 1.86 bits per heavy atom. The molecular weight excluding hydrogens is 184 g/mol. The van der Waals surface area contributed by atoms with Gasteiger partial charge in [0.2, 0.25) is 0 Å². The van der Waals surface area contributed by atoms with E-state index >= 15 is 0 Å². The molecule has 1 fully saturated rings. The van der Waals surface area contributed by atoms with Gasteiger partial charge < -0.3 is 9.47 Å². The number of hydrogen-bond donors (Lipinski definition) is 0. The molecule has 0 heterocycles. The molecule has 1 aliphatic carbocycles. The molecule has 80 valence electrons. The van der Waals surface area contributed by atoms with Crippen LogP contribution in [0, 0.1) is 10.8 Å². The van der Waals surface area contributed by atoms with Crippen LogP contribution in [0.4, 0.5) is 0 Å². The molecule has 1 atom stereocenters. The summed E-state index contributed by atoms with van der Waals surface area (Å²) >= 11 is 0. The fourth-order valence-corrected chi connectivity index (χ4v) is 2.04. The number of rotatable bonds is 3. The maximum Gasteiger partial charge on any atom is 0.323 e. The van der Waals surface area contributed by atoms with E-state index in [1.165, 1.54) is 14.2 Å². The normalized spacial score (nSPS) is 28.0. The largest absolute Gasteiger partial charge is 0.468 e. The van der Waals surface area contributed by atoms with Crippen LogP contribution < -0.4 is 0 Å². The van der Waals surface area contributed by atoms with E-state index in [0.717, 1.165) is 6.42 Å². The zero-order chi connectivity index (χ0) is 11.0. The van der Waals surface area contributed by atoms with Gasteiger partial charge in [0.15, 0.2) is 5.41 Å². The zero-order valence-corrected chi connectivity index (χ0v) is 9.05. The van der Waals surface area contributed by atoms with E-state index < -0.39 is 17.4 Å². The molecule has 0 spiro atoms. The minimum absolute atomic E-state index is 0.298. The lowest BCUT2D eigenvalue weighted by Crippen LogP contribution is -2.33. The fourth-order valence-electron chi connectivity index (χ4n) is 2.04. The molecule has 0 radical (unpaired) electrons. The van der Waals surface area contributed by atoms with E-state index in [9.17, 15) is 9.59 Å². The highest BCUT2D eigenvalue weighted by Gasteiger charge is 2.74. The van der Waals surface area contributed by atoms with E-state index in [1.807, 2.05) is 13.8 Å². The van der Waals surface area contributed by atoms with Gasteiger partial charge in [0.25, 0.3) is 0 Å². The van der Waals surface area contributed by atoms with Gasteiger partial charge in [0, 0.05) is 0 Å². The van der Waals surface area contributed by atoms with Crippen LogP contribution >= 0.6 is 0 Å². The molecule has 0 aromatic heterocycles. The maximum absolute atomic E-state index is 11.5. The third-order valence-corrected chi connectivity index (χ3v) is 3.41. The number of esters is 2. The fraction of sp³-hybridized carbons (Fsp3) is 0.800. The summed E-state index contributed by atoms with van der Waals surface area (Å²) in [6, 6.07) is 0. The average molecular weight is 200 g/mol. The first kappa shape index (κ1) is 11.0. The summed E-state index contributed by atoms with van der Waals surface area (Å²) in [5.41, 5.74) is -1.35. The van der Waals surface area contributed by atoms with Crippen molar-refractivity contribution in [2.24, 2.45) is 10.8 Å². The third kappa shape index (κ3) is 1.13. The average Bonchev–Trinajstić information content (AvgIpc) is 2.85. The minimum Gasteiger partial charge on any atom is -0.468 e. The Hall–Kier alpha value is -1.06. The number of hydrogen-bond acceptors (Lipinski definition) is 4. The van der Waals surface area contributed by atoms with E-state index in [-0.39, 0.29) is 5.41 Å². The van der Waals surface area contributed by atoms with Crippen molar-refractivity contribution in [1.82, 2.24) is 0 Å². The standard InChI is InChI=1S/C10H16O4/c1-5-9(2)6-10(9,7(11)13-3)8(12)14-4/h5-6H2,1-4H3. The van der Waals surface area contributed by atoms with E-state index in [4.69, 9.17) is 0 Å². The number of methoxy groups -OCH3 is 2. The summed E-state index contributed by atoms with van der Waals surface area (Å²) in [5.74, 6) is -0.956. The minimum atomic E-state index is -1.05. The van der Waals surface area contributed by atoms with Crippen molar-refractivity contribution in [3.63, 3.8) is 0 Å². The highest BCUT2D eigenvalue weighted by atomic mass is 16.5. The highest BCUT2D eigenvalue weighted by Crippen LogP contribution is 2.66. The van der Waals surface area contributed by atoms with Gasteiger partial charge in [-0.3, -0.25) is 9.59 Å². The second kappa shape index (κ2) is 3.26. The number of ether oxygens (including phenoxy) is 2. The second-order valence-electron chi connectivity index (χ2n) is 3.98. The molecule has 1 rings (SSSR count). The van der Waals surface area contributed by atoms with Crippen molar-refractivity contribution in [3.05, 3.63) is 0 Å². The second-order valence-corrected chi connectivity index (χ2v) is 3.98. The summed E-state index contributed by atoms with van der Waals surface area (Å²) in [7, 11) is 2.59. The van der Waals surface area contributed by atoms with Crippen LogP contribution in [0.25, 0.3) is 0 Å². The van der Waals surface area contributed by atoms with Crippen molar-refractivity contribution in [2.45, 2.75) is 26.7 Å². The van der Waals surface area contributed by atoms with Crippen LogP contribution in [0.15, 0.2) is 0 Å². The van der Waals surface area contributed by atoms with E-state index in [0.29, 0.717) is 6.42 Å². The lowest BCUT2D eigenvalue weighted by molar-refractivity contribution is -0.163. The molecule has 14 heavy (non-hydrogen) atoms. The summed E-state index contributed by atoms with van der Waals surface area (Å²) in [6.07, 6.45) is 1.28. The summed E-state index contributed by atoms with van der Waals surface area (Å²) in [6.45, 7) is 3.86. The first-order chi connectivity index (χ1) is 6.48. The van der Waals surface area contributed by atoms with Gasteiger partial charge >= 0.3 is 11.9 Å². The molecule has 0 saturated heterocycles.